The van der Waals surface area contributed by atoms with E-state index in [9.17, 15) is 9.90 Å². The lowest BCUT2D eigenvalue weighted by Gasteiger charge is -2.48. The maximum Gasteiger partial charge on any atom is 0.133 e. The molecular formula is C18H24O2. The first kappa shape index (κ1) is 13.7. The Morgan fingerprint density at radius 1 is 1.35 bits per heavy atom. The number of aromatic hydroxyl groups is 1. The smallest absolute Gasteiger partial charge is 0.133 e. The van der Waals surface area contributed by atoms with Crippen molar-refractivity contribution in [1.29, 1.82) is 0 Å². The number of benzene rings is 1. The molecule has 3 rings (SSSR count). The zero-order valence-electron chi connectivity index (χ0n) is 12.3. The predicted octanol–water partition coefficient (Wildman–Crippen LogP) is 4.14. The molecule has 2 atom stereocenters. The number of fused-ring (bicyclic) bond motifs is 3. The van der Waals surface area contributed by atoms with E-state index < -0.39 is 0 Å². The molecule has 2 nitrogen and oxygen atoms in total. The van der Waals surface area contributed by atoms with Crippen molar-refractivity contribution in [2.45, 2.75) is 63.7 Å². The molecule has 0 aliphatic heterocycles. The Kier molecular flexibility index (Phi) is 3.57. The molecule has 0 radical (unpaired) electrons. The van der Waals surface area contributed by atoms with Gasteiger partial charge in [-0.2, -0.15) is 0 Å². The van der Waals surface area contributed by atoms with Crippen LogP contribution in [0.4, 0.5) is 0 Å². The minimum atomic E-state index is 0.200. The van der Waals surface area contributed by atoms with Crippen molar-refractivity contribution in [1.82, 2.24) is 0 Å². The van der Waals surface area contributed by atoms with Gasteiger partial charge in [0, 0.05) is 12.8 Å². The molecule has 0 heterocycles. The minimum Gasteiger partial charge on any atom is -0.508 e. The van der Waals surface area contributed by atoms with Crippen LogP contribution in [-0.4, -0.2) is 10.9 Å². The Balaban J connectivity index is 2.04. The zero-order valence-corrected chi connectivity index (χ0v) is 12.3. The normalized spacial score (nSPS) is 28.9. The van der Waals surface area contributed by atoms with Gasteiger partial charge in [-0.25, -0.2) is 0 Å². The van der Waals surface area contributed by atoms with Gasteiger partial charge in [0.05, 0.1) is 0 Å². The van der Waals surface area contributed by atoms with E-state index in [0.29, 0.717) is 17.5 Å². The van der Waals surface area contributed by atoms with Crippen molar-refractivity contribution in [3.8, 4) is 5.75 Å². The summed E-state index contributed by atoms with van der Waals surface area (Å²) in [4.78, 5) is 11.9. The van der Waals surface area contributed by atoms with Gasteiger partial charge in [-0.05, 0) is 60.3 Å². The number of carbonyl (C=O) groups is 1. The van der Waals surface area contributed by atoms with Gasteiger partial charge in [0.25, 0.3) is 0 Å². The van der Waals surface area contributed by atoms with Gasteiger partial charge in [0.15, 0.2) is 0 Å². The van der Waals surface area contributed by atoms with Gasteiger partial charge >= 0.3 is 0 Å². The molecule has 0 aromatic heterocycles. The molecule has 0 bridgehead atoms. The summed E-state index contributed by atoms with van der Waals surface area (Å²) in [6, 6.07) is 5.89. The highest BCUT2D eigenvalue weighted by molar-refractivity contribution is 5.80. The number of phenols is 1. The van der Waals surface area contributed by atoms with E-state index in [4.69, 9.17) is 0 Å². The van der Waals surface area contributed by atoms with E-state index in [1.807, 2.05) is 12.1 Å². The first-order chi connectivity index (χ1) is 9.65. The SMILES string of the molecule is CCCC[C@@]12CCC(=O)C[C@H]1CCc1cc(O)ccc12. The minimum absolute atomic E-state index is 0.200. The Hall–Kier alpha value is -1.31. The van der Waals surface area contributed by atoms with Crippen LogP contribution in [0.5, 0.6) is 5.75 Å². The number of rotatable bonds is 3. The third-order valence-electron chi connectivity index (χ3n) is 5.47. The van der Waals surface area contributed by atoms with E-state index in [1.54, 1.807) is 0 Å². The highest BCUT2D eigenvalue weighted by atomic mass is 16.3. The Morgan fingerprint density at radius 2 is 2.20 bits per heavy atom. The molecule has 1 N–H and O–H groups in total. The first-order valence-corrected chi connectivity index (χ1v) is 8.00. The summed E-state index contributed by atoms with van der Waals surface area (Å²) >= 11 is 0. The van der Waals surface area contributed by atoms with Gasteiger partial charge < -0.3 is 5.11 Å². The van der Waals surface area contributed by atoms with Crippen molar-refractivity contribution < 1.29 is 9.90 Å². The Labute approximate surface area is 121 Å². The van der Waals surface area contributed by atoms with Crippen molar-refractivity contribution >= 4 is 5.78 Å². The number of carbonyl (C=O) groups excluding carboxylic acids is 1. The number of aryl methyl sites for hydroxylation is 1. The monoisotopic (exact) mass is 272 g/mol. The van der Waals surface area contributed by atoms with Gasteiger partial charge in [0.1, 0.15) is 11.5 Å². The Morgan fingerprint density at radius 3 is 3.00 bits per heavy atom. The molecule has 0 amide bonds. The standard InChI is InChI=1S/C18H24O2/c1-2-3-9-18-10-8-16(20)12-14(18)5-4-13-11-15(19)6-7-17(13)18/h6-7,11,14,19H,2-5,8-10,12H2,1H3/t14-,18-/m1/s1. The first-order valence-electron chi connectivity index (χ1n) is 8.00. The number of Topliss-reactive ketones (excluding diaryl/α,β-unsaturated/α-hetero) is 1. The molecule has 0 unspecified atom stereocenters. The summed E-state index contributed by atoms with van der Waals surface area (Å²) in [5, 5.41) is 9.73. The highest BCUT2D eigenvalue weighted by Gasteiger charge is 2.46. The fraction of sp³-hybridized carbons (Fsp3) is 0.611. The van der Waals surface area contributed by atoms with E-state index in [2.05, 4.69) is 13.0 Å². The third kappa shape index (κ3) is 2.15. The van der Waals surface area contributed by atoms with Crippen molar-refractivity contribution in [3.63, 3.8) is 0 Å². The van der Waals surface area contributed by atoms with E-state index in [-0.39, 0.29) is 5.41 Å². The molecule has 0 saturated heterocycles. The van der Waals surface area contributed by atoms with Gasteiger partial charge in [-0.1, -0.05) is 25.8 Å². The summed E-state index contributed by atoms with van der Waals surface area (Å²) in [6.07, 6.45) is 8.25. The second kappa shape index (κ2) is 5.23. The van der Waals surface area contributed by atoms with Crippen LogP contribution in [0.2, 0.25) is 0 Å². The summed E-state index contributed by atoms with van der Waals surface area (Å²) in [7, 11) is 0. The summed E-state index contributed by atoms with van der Waals surface area (Å²) in [5.74, 6) is 1.34. The predicted molar refractivity (Wildman–Crippen MR) is 80.0 cm³/mol. The van der Waals surface area contributed by atoms with Gasteiger partial charge in [-0.15, -0.1) is 0 Å². The molecule has 0 spiro atoms. The van der Waals surface area contributed by atoms with Crippen molar-refractivity contribution in [3.05, 3.63) is 29.3 Å². The quantitative estimate of drug-likeness (QED) is 0.898. The summed E-state index contributed by atoms with van der Waals surface area (Å²) in [6.45, 7) is 2.24. The summed E-state index contributed by atoms with van der Waals surface area (Å²) < 4.78 is 0. The van der Waals surface area contributed by atoms with E-state index in [1.165, 1.54) is 30.4 Å². The second-order valence-corrected chi connectivity index (χ2v) is 6.58. The molecule has 1 aromatic rings. The van der Waals surface area contributed by atoms with E-state index in [0.717, 1.165) is 32.1 Å². The molecule has 1 fully saturated rings. The number of hydrogen-bond donors (Lipinski definition) is 1. The molecule has 2 aliphatic carbocycles. The van der Waals surface area contributed by atoms with Crippen LogP contribution in [0.25, 0.3) is 0 Å². The van der Waals surface area contributed by atoms with Crippen LogP contribution < -0.4 is 0 Å². The van der Waals surface area contributed by atoms with Crippen LogP contribution in [0.15, 0.2) is 18.2 Å². The number of unbranched alkanes of at least 4 members (excludes halogenated alkanes) is 1. The average molecular weight is 272 g/mol. The van der Waals surface area contributed by atoms with Crippen LogP contribution in [-0.2, 0) is 16.6 Å². The lowest BCUT2D eigenvalue weighted by molar-refractivity contribution is -0.123. The molecule has 1 saturated carbocycles. The largest absolute Gasteiger partial charge is 0.508 e. The number of ketones is 1. The Bertz CT molecular complexity index is 520. The lowest BCUT2D eigenvalue weighted by Crippen LogP contribution is -2.44. The molecule has 108 valence electrons. The van der Waals surface area contributed by atoms with E-state index >= 15 is 0 Å². The van der Waals surface area contributed by atoms with Crippen molar-refractivity contribution in [2.75, 3.05) is 0 Å². The van der Waals surface area contributed by atoms with Crippen LogP contribution in [0, 0.1) is 5.92 Å². The van der Waals surface area contributed by atoms with Crippen LogP contribution in [0.3, 0.4) is 0 Å². The summed E-state index contributed by atoms with van der Waals surface area (Å²) in [5.41, 5.74) is 2.93. The van der Waals surface area contributed by atoms with Gasteiger partial charge in [0.2, 0.25) is 0 Å². The van der Waals surface area contributed by atoms with Crippen molar-refractivity contribution in [2.24, 2.45) is 5.92 Å². The zero-order chi connectivity index (χ0) is 14.2. The molecule has 1 aromatic carbocycles. The maximum atomic E-state index is 11.9. The molecule has 20 heavy (non-hydrogen) atoms. The third-order valence-corrected chi connectivity index (χ3v) is 5.47. The molecular weight excluding hydrogens is 248 g/mol. The molecule has 2 heteroatoms. The van der Waals surface area contributed by atoms with Crippen LogP contribution in [0.1, 0.15) is 63.0 Å². The highest BCUT2D eigenvalue weighted by Crippen LogP contribution is 2.52. The second-order valence-electron chi connectivity index (χ2n) is 6.58. The average Bonchev–Trinajstić information content (AvgIpc) is 2.45. The fourth-order valence-electron chi connectivity index (χ4n) is 4.43. The van der Waals surface area contributed by atoms with Crippen LogP contribution >= 0.6 is 0 Å². The maximum absolute atomic E-state index is 11.9. The number of phenolic OH excluding ortho intramolecular Hbond substituents is 1. The van der Waals surface area contributed by atoms with Gasteiger partial charge in [-0.3, -0.25) is 4.79 Å². The topological polar surface area (TPSA) is 37.3 Å². The number of hydrogen-bond acceptors (Lipinski definition) is 2. The fourth-order valence-corrected chi connectivity index (χ4v) is 4.43. The lowest BCUT2D eigenvalue weighted by atomic mass is 9.55. The molecule has 2 aliphatic rings.